The van der Waals surface area contributed by atoms with Crippen molar-refractivity contribution in [1.82, 2.24) is 15.3 Å². The van der Waals surface area contributed by atoms with Crippen LogP contribution < -0.4 is 20.1 Å². The highest BCUT2D eigenvalue weighted by molar-refractivity contribution is 6.42. The first-order valence-corrected chi connectivity index (χ1v) is 10.5. The lowest BCUT2D eigenvalue weighted by molar-refractivity contribution is 0.155. The topological polar surface area (TPSA) is 68.3 Å². The molecule has 0 amide bonds. The summed E-state index contributed by atoms with van der Waals surface area (Å²) >= 11 is 11.8. The molecule has 0 saturated carbocycles. The predicted molar refractivity (Wildman–Crippen MR) is 117 cm³/mol. The highest BCUT2D eigenvalue weighted by Crippen LogP contribution is 2.37. The van der Waals surface area contributed by atoms with Crippen LogP contribution in [0.2, 0.25) is 10.0 Å². The second-order valence-corrected chi connectivity index (χ2v) is 7.67. The molecule has 9 heteroatoms. The summed E-state index contributed by atoms with van der Waals surface area (Å²) < 4.78 is 26.6. The molecule has 0 unspecified atom stereocenters. The average Bonchev–Trinajstić information content (AvgIpc) is 2.76. The van der Waals surface area contributed by atoms with Gasteiger partial charge < -0.3 is 20.1 Å². The molecule has 1 aliphatic heterocycles. The maximum atomic E-state index is 14.5. The van der Waals surface area contributed by atoms with Crippen molar-refractivity contribution in [2.45, 2.75) is 25.9 Å². The molecule has 3 aromatic rings. The van der Waals surface area contributed by atoms with Crippen LogP contribution in [0.4, 0.5) is 15.9 Å². The van der Waals surface area contributed by atoms with E-state index in [4.69, 9.17) is 32.7 Å². The third-order valence-corrected chi connectivity index (χ3v) is 5.65. The van der Waals surface area contributed by atoms with Crippen LogP contribution in [0.25, 0.3) is 10.9 Å². The van der Waals surface area contributed by atoms with E-state index in [2.05, 4.69) is 20.6 Å². The Labute approximate surface area is 183 Å². The zero-order valence-corrected chi connectivity index (χ0v) is 17.9. The molecule has 0 spiro atoms. The Morgan fingerprint density at radius 2 is 1.97 bits per heavy atom. The summed E-state index contributed by atoms with van der Waals surface area (Å²) in [5, 5.41) is 6.99. The number of piperidine rings is 1. The number of rotatable bonds is 6. The second kappa shape index (κ2) is 9.20. The summed E-state index contributed by atoms with van der Waals surface area (Å²) in [7, 11) is 0. The number of aromatic nitrogens is 2. The summed E-state index contributed by atoms with van der Waals surface area (Å²) in [6, 6.07) is 6.68. The van der Waals surface area contributed by atoms with Gasteiger partial charge in [0.15, 0.2) is 17.3 Å². The lowest BCUT2D eigenvalue weighted by atomic mass is 10.1. The average molecular weight is 451 g/mol. The minimum absolute atomic E-state index is 0.0939. The highest BCUT2D eigenvalue weighted by Gasteiger charge is 2.19. The zero-order valence-electron chi connectivity index (χ0n) is 16.3. The highest BCUT2D eigenvalue weighted by atomic mass is 35.5. The Morgan fingerprint density at radius 3 is 2.73 bits per heavy atom. The van der Waals surface area contributed by atoms with Crippen LogP contribution in [-0.2, 0) is 0 Å². The van der Waals surface area contributed by atoms with Gasteiger partial charge in [-0.2, -0.15) is 0 Å². The maximum Gasteiger partial charge on any atom is 0.166 e. The molecule has 2 aromatic carbocycles. The molecule has 1 saturated heterocycles. The lowest BCUT2D eigenvalue weighted by Crippen LogP contribution is -2.34. The van der Waals surface area contributed by atoms with Crippen LogP contribution in [0, 0.1) is 5.82 Å². The van der Waals surface area contributed by atoms with Crippen molar-refractivity contribution in [3.8, 4) is 11.5 Å². The van der Waals surface area contributed by atoms with Gasteiger partial charge in [-0.1, -0.05) is 23.2 Å². The van der Waals surface area contributed by atoms with E-state index in [0.29, 0.717) is 34.8 Å². The number of halogens is 3. The molecule has 30 heavy (non-hydrogen) atoms. The number of benzene rings is 2. The van der Waals surface area contributed by atoms with Crippen molar-refractivity contribution in [3.63, 3.8) is 0 Å². The zero-order chi connectivity index (χ0) is 21.1. The summed E-state index contributed by atoms with van der Waals surface area (Å²) in [5.74, 6) is 1.01. The van der Waals surface area contributed by atoms with Gasteiger partial charge in [0, 0.05) is 11.5 Å². The fourth-order valence-corrected chi connectivity index (χ4v) is 3.68. The largest absolute Gasteiger partial charge is 0.490 e. The van der Waals surface area contributed by atoms with E-state index < -0.39 is 5.82 Å². The van der Waals surface area contributed by atoms with Gasteiger partial charge in [0.05, 0.1) is 27.9 Å². The molecule has 1 aliphatic rings. The van der Waals surface area contributed by atoms with Crippen LogP contribution in [0.15, 0.2) is 30.6 Å². The van der Waals surface area contributed by atoms with Crippen LogP contribution in [-0.4, -0.2) is 35.8 Å². The molecule has 0 aliphatic carbocycles. The molecule has 158 valence electrons. The summed E-state index contributed by atoms with van der Waals surface area (Å²) in [6.45, 7) is 4.24. The lowest BCUT2D eigenvalue weighted by Gasteiger charge is -2.25. The number of hydrogen-bond donors (Lipinski definition) is 2. The van der Waals surface area contributed by atoms with Gasteiger partial charge >= 0.3 is 0 Å². The monoisotopic (exact) mass is 450 g/mol. The van der Waals surface area contributed by atoms with Crippen LogP contribution in [0.5, 0.6) is 11.5 Å². The number of ether oxygens (including phenoxy) is 2. The molecule has 4 rings (SSSR count). The van der Waals surface area contributed by atoms with Crippen LogP contribution >= 0.6 is 23.2 Å². The molecule has 0 radical (unpaired) electrons. The second-order valence-electron chi connectivity index (χ2n) is 6.89. The third kappa shape index (κ3) is 4.38. The van der Waals surface area contributed by atoms with Crippen molar-refractivity contribution in [1.29, 1.82) is 0 Å². The first kappa shape index (κ1) is 20.9. The van der Waals surface area contributed by atoms with E-state index in [9.17, 15) is 4.39 Å². The Bertz CT molecular complexity index is 1060. The standard InChI is InChI=1S/C21H21Cl2FN4O2/c1-2-29-17-10-16-13(9-18(17)30-12-5-7-25-8-6-12)21(27-11-26-16)28-15-4-3-14(22)19(23)20(15)24/h3-4,9-12,25H,2,5-8H2,1H3,(H,26,27,28). The molecule has 1 fully saturated rings. The SMILES string of the molecule is CCOc1cc2ncnc(Nc3ccc(Cl)c(Cl)c3F)c2cc1OC1CCNCC1. The van der Waals surface area contributed by atoms with Gasteiger partial charge in [-0.15, -0.1) is 0 Å². The Hall–Kier alpha value is -2.35. The molecular weight excluding hydrogens is 430 g/mol. The van der Waals surface area contributed by atoms with Gasteiger partial charge in [0.1, 0.15) is 18.2 Å². The van der Waals surface area contributed by atoms with E-state index in [0.717, 1.165) is 25.9 Å². The van der Waals surface area contributed by atoms with E-state index >= 15 is 0 Å². The minimum Gasteiger partial charge on any atom is -0.490 e. The first-order chi connectivity index (χ1) is 14.6. The van der Waals surface area contributed by atoms with Gasteiger partial charge in [-0.05, 0) is 51.1 Å². The number of hydrogen-bond acceptors (Lipinski definition) is 6. The third-order valence-electron chi connectivity index (χ3n) is 4.87. The van der Waals surface area contributed by atoms with Gasteiger partial charge in [-0.3, -0.25) is 0 Å². The Balaban J connectivity index is 1.73. The molecule has 0 atom stereocenters. The molecule has 2 N–H and O–H groups in total. The number of anilines is 2. The molecule has 0 bridgehead atoms. The Kier molecular flexibility index (Phi) is 6.41. The quantitative estimate of drug-likeness (QED) is 0.493. The van der Waals surface area contributed by atoms with E-state index in [-0.39, 0.29) is 21.8 Å². The van der Waals surface area contributed by atoms with Gasteiger partial charge in [-0.25, -0.2) is 14.4 Å². The van der Waals surface area contributed by atoms with Gasteiger partial charge in [0.2, 0.25) is 0 Å². The minimum atomic E-state index is -0.645. The molecular formula is C21H21Cl2FN4O2. The maximum absolute atomic E-state index is 14.5. The summed E-state index contributed by atoms with van der Waals surface area (Å²) in [4.78, 5) is 8.62. The van der Waals surface area contributed by atoms with E-state index in [1.165, 1.54) is 18.5 Å². The Morgan fingerprint density at radius 1 is 1.17 bits per heavy atom. The number of nitrogens with one attached hydrogen (secondary N) is 2. The van der Waals surface area contributed by atoms with Gasteiger partial charge in [0.25, 0.3) is 0 Å². The summed E-state index contributed by atoms with van der Waals surface area (Å²) in [6.07, 6.45) is 3.32. The fraction of sp³-hybridized carbons (Fsp3) is 0.333. The number of nitrogens with zero attached hydrogens (tertiary/aromatic N) is 2. The molecule has 6 nitrogen and oxygen atoms in total. The smallest absolute Gasteiger partial charge is 0.166 e. The predicted octanol–water partition coefficient (Wildman–Crippen LogP) is 5.35. The van der Waals surface area contributed by atoms with Crippen molar-refractivity contribution in [3.05, 3.63) is 46.5 Å². The molecule has 1 aromatic heterocycles. The van der Waals surface area contributed by atoms with E-state index in [1.54, 1.807) is 0 Å². The normalized spacial score (nSPS) is 14.7. The van der Waals surface area contributed by atoms with Crippen molar-refractivity contribution in [2.24, 2.45) is 0 Å². The van der Waals surface area contributed by atoms with Crippen molar-refractivity contribution < 1.29 is 13.9 Å². The van der Waals surface area contributed by atoms with Crippen LogP contribution in [0.1, 0.15) is 19.8 Å². The summed E-state index contributed by atoms with van der Waals surface area (Å²) in [5.41, 5.74) is 0.813. The first-order valence-electron chi connectivity index (χ1n) is 9.76. The fourth-order valence-electron chi connectivity index (χ4n) is 3.37. The molecule has 2 heterocycles. The van der Waals surface area contributed by atoms with Crippen molar-refractivity contribution >= 4 is 45.6 Å². The van der Waals surface area contributed by atoms with Crippen LogP contribution in [0.3, 0.4) is 0 Å². The number of fused-ring (bicyclic) bond motifs is 1. The van der Waals surface area contributed by atoms with E-state index in [1.807, 2.05) is 19.1 Å². The van der Waals surface area contributed by atoms with Crippen molar-refractivity contribution in [2.75, 3.05) is 25.0 Å².